The number of aromatic nitrogens is 3. The first-order chi connectivity index (χ1) is 12.2. The second-order valence-corrected chi connectivity index (χ2v) is 6.32. The van der Waals surface area contributed by atoms with Gasteiger partial charge in [-0.15, -0.1) is 0 Å². The van der Waals surface area contributed by atoms with Gasteiger partial charge in [0.25, 0.3) is 0 Å². The van der Waals surface area contributed by atoms with Gasteiger partial charge < -0.3 is 5.32 Å². The van der Waals surface area contributed by atoms with E-state index in [0.29, 0.717) is 19.4 Å². The lowest BCUT2D eigenvalue weighted by Gasteiger charge is -2.09. The molecule has 25 heavy (non-hydrogen) atoms. The van der Waals surface area contributed by atoms with Crippen molar-refractivity contribution in [3.8, 4) is 11.3 Å². The number of amides is 1. The molecular formula is C19H17BrN4O. The second kappa shape index (κ2) is 8.48. The molecule has 0 aliphatic carbocycles. The molecule has 126 valence electrons. The van der Waals surface area contributed by atoms with Gasteiger partial charge in [0, 0.05) is 41.2 Å². The molecule has 1 amide bonds. The molecule has 1 aromatic carbocycles. The summed E-state index contributed by atoms with van der Waals surface area (Å²) in [7, 11) is 0. The van der Waals surface area contributed by atoms with Crippen molar-refractivity contribution in [3.05, 3.63) is 76.9 Å². The molecule has 1 N–H and O–H groups in total. The fourth-order valence-electron chi connectivity index (χ4n) is 2.46. The van der Waals surface area contributed by atoms with Crippen LogP contribution < -0.4 is 5.32 Å². The van der Waals surface area contributed by atoms with Crippen LogP contribution in [0, 0.1) is 0 Å². The summed E-state index contributed by atoms with van der Waals surface area (Å²) in [4.78, 5) is 25.0. The predicted octanol–water partition coefficient (Wildman–Crippen LogP) is 3.55. The normalized spacial score (nSPS) is 10.4. The molecule has 6 heteroatoms. The van der Waals surface area contributed by atoms with Crippen molar-refractivity contribution in [3.63, 3.8) is 0 Å². The zero-order valence-corrected chi connectivity index (χ0v) is 15.1. The lowest BCUT2D eigenvalue weighted by Crippen LogP contribution is -2.24. The highest BCUT2D eigenvalue weighted by molar-refractivity contribution is 9.10. The highest BCUT2D eigenvalue weighted by Crippen LogP contribution is 2.19. The Hall–Kier alpha value is -2.60. The van der Waals surface area contributed by atoms with E-state index in [1.807, 2.05) is 36.4 Å². The minimum absolute atomic E-state index is 0.0152. The van der Waals surface area contributed by atoms with Crippen molar-refractivity contribution in [1.29, 1.82) is 0 Å². The summed E-state index contributed by atoms with van der Waals surface area (Å²) in [5.74, 6) is -0.0152. The molecule has 0 saturated carbocycles. The second-order valence-electron chi connectivity index (χ2n) is 5.46. The molecular weight excluding hydrogens is 380 g/mol. The summed E-state index contributed by atoms with van der Waals surface area (Å²) in [5, 5.41) is 2.92. The third kappa shape index (κ3) is 4.70. The number of rotatable bonds is 6. The molecule has 3 rings (SSSR count). The maximum atomic E-state index is 12.2. The van der Waals surface area contributed by atoms with Gasteiger partial charge in [0.2, 0.25) is 5.91 Å². The molecule has 0 fully saturated rings. The van der Waals surface area contributed by atoms with Crippen LogP contribution in [-0.2, 0) is 17.8 Å². The van der Waals surface area contributed by atoms with Crippen molar-refractivity contribution >= 4 is 21.8 Å². The first-order valence-electron chi connectivity index (χ1n) is 7.94. The van der Waals surface area contributed by atoms with E-state index in [1.54, 1.807) is 24.8 Å². The molecule has 5 nitrogen and oxygen atoms in total. The number of carbonyl (C=O) groups is 1. The summed E-state index contributed by atoms with van der Waals surface area (Å²) in [5.41, 5.74) is 3.47. The Balaban J connectivity index is 1.60. The monoisotopic (exact) mass is 396 g/mol. The van der Waals surface area contributed by atoms with Gasteiger partial charge in [-0.05, 0) is 30.2 Å². The smallest absolute Gasteiger partial charge is 0.220 e. The number of nitrogens with one attached hydrogen (secondary N) is 1. The molecule has 2 heterocycles. The van der Waals surface area contributed by atoms with Crippen molar-refractivity contribution in [2.24, 2.45) is 0 Å². The van der Waals surface area contributed by atoms with Crippen LogP contribution in [0.3, 0.4) is 0 Å². The van der Waals surface area contributed by atoms with Gasteiger partial charge >= 0.3 is 0 Å². The van der Waals surface area contributed by atoms with Gasteiger partial charge in [0.15, 0.2) is 0 Å². The summed E-state index contributed by atoms with van der Waals surface area (Å²) < 4.78 is 1.02. The zero-order valence-electron chi connectivity index (χ0n) is 13.5. The maximum absolute atomic E-state index is 12.2. The average Bonchev–Trinajstić information content (AvgIpc) is 2.66. The van der Waals surface area contributed by atoms with Crippen molar-refractivity contribution in [1.82, 2.24) is 20.3 Å². The molecule has 0 atom stereocenters. The third-order valence-corrected chi connectivity index (χ3v) is 4.51. The number of nitrogens with zero attached hydrogens (tertiary/aromatic N) is 3. The molecule has 3 aromatic rings. The highest BCUT2D eigenvalue weighted by atomic mass is 79.9. The minimum atomic E-state index is -0.0152. The van der Waals surface area contributed by atoms with Gasteiger partial charge in [-0.1, -0.05) is 34.1 Å². The van der Waals surface area contributed by atoms with Crippen molar-refractivity contribution in [2.75, 3.05) is 0 Å². The maximum Gasteiger partial charge on any atom is 0.220 e. The van der Waals surface area contributed by atoms with Crippen LogP contribution in [0.15, 0.2) is 65.7 Å². The zero-order chi connectivity index (χ0) is 17.5. The Labute approximate surface area is 154 Å². The Morgan fingerprint density at radius 1 is 1.04 bits per heavy atom. The van der Waals surface area contributed by atoms with Gasteiger partial charge in [-0.2, -0.15) is 0 Å². The van der Waals surface area contributed by atoms with Crippen LogP contribution in [0.5, 0.6) is 0 Å². The third-order valence-electron chi connectivity index (χ3n) is 3.74. The molecule has 0 aliphatic heterocycles. The molecule has 2 aromatic heterocycles. The Morgan fingerprint density at radius 2 is 1.88 bits per heavy atom. The Bertz CT molecular complexity index is 855. The first kappa shape index (κ1) is 17.2. The number of carbonyl (C=O) groups excluding carboxylic acids is 1. The predicted molar refractivity (Wildman–Crippen MR) is 99.6 cm³/mol. The SMILES string of the molecule is O=C(CCc1ccccc1Br)NCc1nccnc1-c1cccnc1. The van der Waals surface area contributed by atoms with Crippen LogP contribution >= 0.6 is 15.9 Å². The fourth-order valence-corrected chi connectivity index (χ4v) is 2.94. The Kier molecular flexibility index (Phi) is 5.85. The van der Waals surface area contributed by atoms with Gasteiger partial charge in [-0.25, -0.2) is 0 Å². The number of halogens is 1. The van der Waals surface area contributed by atoms with E-state index < -0.39 is 0 Å². The summed E-state index contributed by atoms with van der Waals surface area (Å²) in [6, 6.07) is 11.7. The quantitative estimate of drug-likeness (QED) is 0.691. The van der Waals surface area contributed by atoms with Crippen LogP contribution in [0.25, 0.3) is 11.3 Å². The van der Waals surface area contributed by atoms with Crippen molar-refractivity contribution < 1.29 is 4.79 Å². The van der Waals surface area contributed by atoms with Crippen LogP contribution in [0.1, 0.15) is 17.7 Å². The molecule has 0 unspecified atom stereocenters. The molecule has 0 aliphatic rings. The number of hydrogen-bond donors (Lipinski definition) is 1. The molecule has 0 bridgehead atoms. The van der Waals surface area contributed by atoms with Crippen molar-refractivity contribution in [2.45, 2.75) is 19.4 Å². The van der Waals surface area contributed by atoms with Gasteiger partial charge in [0.05, 0.1) is 17.9 Å². The molecule has 0 spiro atoms. The number of aryl methyl sites for hydroxylation is 1. The molecule has 0 saturated heterocycles. The number of hydrogen-bond acceptors (Lipinski definition) is 4. The van der Waals surface area contributed by atoms with Gasteiger partial charge in [0.1, 0.15) is 0 Å². The number of benzene rings is 1. The highest BCUT2D eigenvalue weighted by Gasteiger charge is 2.10. The lowest BCUT2D eigenvalue weighted by atomic mass is 10.1. The lowest BCUT2D eigenvalue weighted by molar-refractivity contribution is -0.121. The standard InChI is InChI=1S/C19H17BrN4O/c20-16-6-2-1-4-14(16)7-8-18(25)24-13-17-19(23-11-10-22-17)15-5-3-9-21-12-15/h1-6,9-12H,7-8,13H2,(H,24,25). The van der Waals surface area contributed by atoms with Crippen LogP contribution in [0.4, 0.5) is 0 Å². The largest absolute Gasteiger partial charge is 0.350 e. The molecule has 0 radical (unpaired) electrons. The van der Waals surface area contributed by atoms with E-state index in [4.69, 9.17) is 0 Å². The summed E-state index contributed by atoms with van der Waals surface area (Å²) in [6.07, 6.45) is 7.82. The van der Waals surface area contributed by atoms with Crippen LogP contribution in [0.2, 0.25) is 0 Å². The van der Waals surface area contributed by atoms with E-state index in [1.165, 1.54) is 0 Å². The topological polar surface area (TPSA) is 67.8 Å². The van der Waals surface area contributed by atoms with E-state index in [0.717, 1.165) is 27.0 Å². The summed E-state index contributed by atoms with van der Waals surface area (Å²) >= 11 is 3.50. The number of pyridine rings is 1. The average molecular weight is 397 g/mol. The minimum Gasteiger partial charge on any atom is -0.350 e. The van der Waals surface area contributed by atoms with E-state index in [2.05, 4.69) is 36.2 Å². The van der Waals surface area contributed by atoms with E-state index in [9.17, 15) is 4.79 Å². The summed E-state index contributed by atoms with van der Waals surface area (Å²) in [6.45, 7) is 0.340. The van der Waals surface area contributed by atoms with E-state index in [-0.39, 0.29) is 5.91 Å². The van der Waals surface area contributed by atoms with E-state index >= 15 is 0 Å². The first-order valence-corrected chi connectivity index (χ1v) is 8.74. The fraction of sp³-hybridized carbons (Fsp3) is 0.158. The Morgan fingerprint density at radius 3 is 2.68 bits per heavy atom. The van der Waals surface area contributed by atoms with Crippen LogP contribution in [-0.4, -0.2) is 20.9 Å². The van der Waals surface area contributed by atoms with Gasteiger partial charge in [-0.3, -0.25) is 19.7 Å².